The number of piperidine rings is 1. The van der Waals surface area contributed by atoms with E-state index in [9.17, 15) is 22.4 Å². The molecule has 2 aromatic carbocycles. The third-order valence-electron chi connectivity index (χ3n) is 7.28. The minimum atomic E-state index is -4.43. The minimum Gasteiger partial charge on any atom is -0.495 e. The molecule has 4 rings (SSSR count). The van der Waals surface area contributed by atoms with E-state index in [1.165, 1.54) is 18.4 Å². The van der Waals surface area contributed by atoms with E-state index in [2.05, 4.69) is 27.8 Å². The van der Waals surface area contributed by atoms with Crippen LogP contribution in [-0.4, -0.2) is 96.5 Å². The zero-order valence-corrected chi connectivity index (χ0v) is 26.3. The van der Waals surface area contributed by atoms with Crippen LogP contribution < -0.4 is 20.7 Å². The summed E-state index contributed by atoms with van der Waals surface area (Å²) < 4.78 is 71.9. The number of likely N-dealkylation sites (tertiary alicyclic amines) is 1. The summed E-state index contributed by atoms with van der Waals surface area (Å²) in [5, 5.41) is 9.59. The second-order valence-electron chi connectivity index (χ2n) is 10.6. The number of nitrogens with one attached hydrogen (secondary N) is 3. The van der Waals surface area contributed by atoms with Gasteiger partial charge in [0.1, 0.15) is 11.9 Å². The van der Waals surface area contributed by atoms with Gasteiger partial charge in [0.2, 0.25) is 0 Å². The number of anilines is 2. The number of carbonyl (C=O) groups excluding carboxylic acids is 1. The van der Waals surface area contributed by atoms with Crippen LogP contribution in [0, 0.1) is 11.8 Å². The smallest absolute Gasteiger partial charge is 0.393 e. The molecule has 1 aromatic heterocycles. The summed E-state index contributed by atoms with van der Waals surface area (Å²) in [5.41, 5.74) is 1.68. The van der Waals surface area contributed by atoms with Gasteiger partial charge < -0.3 is 35.1 Å². The van der Waals surface area contributed by atoms with Gasteiger partial charge in [-0.25, -0.2) is 4.39 Å². The topological polar surface area (TPSA) is 84.1 Å². The van der Waals surface area contributed by atoms with Crippen LogP contribution in [0.2, 0.25) is 0 Å². The number of alkyl halides is 4. The largest absolute Gasteiger partial charge is 0.495 e. The van der Waals surface area contributed by atoms with Crippen LogP contribution in [0.4, 0.5) is 28.9 Å². The fraction of sp³-hybridized carbons (Fsp3) is 0.469. The third kappa shape index (κ3) is 9.71. The van der Waals surface area contributed by atoms with Crippen molar-refractivity contribution in [1.82, 2.24) is 10.2 Å². The average molecular weight is 651 g/mol. The molecule has 0 aliphatic carbocycles. The Balaban J connectivity index is 1.46. The number of methoxy groups -OCH3 is 2. The van der Waals surface area contributed by atoms with Crippen molar-refractivity contribution in [2.24, 2.45) is 0 Å². The molecule has 0 spiro atoms. The molecule has 2 unspecified atom stereocenters. The molecular formula is C32H38F4N4O4S. The van der Waals surface area contributed by atoms with E-state index in [1.54, 1.807) is 43.5 Å². The molecule has 0 saturated carbocycles. The van der Waals surface area contributed by atoms with Crippen LogP contribution in [0.3, 0.4) is 0 Å². The van der Waals surface area contributed by atoms with Gasteiger partial charge in [-0.05, 0) is 48.7 Å². The van der Waals surface area contributed by atoms with E-state index in [4.69, 9.17) is 14.2 Å². The van der Waals surface area contributed by atoms with E-state index in [-0.39, 0.29) is 18.0 Å². The highest BCUT2D eigenvalue weighted by atomic mass is 32.1. The number of ether oxygens (including phenoxy) is 3. The van der Waals surface area contributed by atoms with Crippen molar-refractivity contribution in [1.29, 1.82) is 0 Å². The number of nitrogens with zero attached hydrogens (tertiary/aromatic N) is 1. The molecule has 1 amide bonds. The predicted octanol–water partition coefficient (Wildman–Crippen LogP) is 5.33. The molecule has 244 valence electrons. The van der Waals surface area contributed by atoms with E-state index in [0.29, 0.717) is 77.0 Å². The Morgan fingerprint density at radius 3 is 2.69 bits per heavy atom. The second-order valence-corrected chi connectivity index (χ2v) is 11.7. The summed E-state index contributed by atoms with van der Waals surface area (Å²) >= 11 is 1.17. The summed E-state index contributed by atoms with van der Waals surface area (Å²) in [6.07, 6.45) is -6.05. The molecule has 8 nitrogen and oxygen atoms in total. The lowest BCUT2D eigenvalue weighted by molar-refractivity contribution is -0.126. The number of rotatable bonds is 13. The molecule has 1 fully saturated rings. The molecule has 1 saturated heterocycles. The number of benzene rings is 2. The molecule has 45 heavy (non-hydrogen) atoms. The predicted molar refractivity (Wildman–Crippen MR) is 169 cm³/mol. The fourth-order valence-corrected chi connectivity index (χ4v) is 6.18. The van der Waals surface area contributed by atoms with Gasteiger partial charge in [-0.1, -0.05) is 24.0 Å². The van der Waals surface area contributed by atoms with Gasteiger partial charge in [-0.2, -0.15) is 13.2 Å². The Morgan fingerprint density at radius 2 is 1.96 bits per heavy atom. The van der Waals surface area contributed by atoms with Gasteiger partial charge >= 0.3 is 6.18 Å². The number of amides is 1. The molecule has 0 bridgehead atoms. The quantitative estimate of drug-likeness (QED) is 0.131. The zero-order valence-electron chi connectivity index (χ0n) is 25.5. The highest BCUT2D eigenvalue weighted by Gasteiger charge is 2.32. The SMILES string of the molecule is COCCOCCNC(=O)c1ccc(NCC#Cc2sc3c(NC4CCN(C)CC4F)cccc3c2CC(F)(F)F)c(OC)c1. The van der Waals surface area contributed by atoms with E-state index < -0.39 is 24.8 Å². The van der Waals surface area contributed by atoms with E-state index in [0.717, 1.165) is 6.54 Å². The van der Waals surface area contributed by atoms with Crippen molar-refractivity contribution in [2.45, 2.75) is 31.2 Å². The van der Waals surface area contributed by atoms with E-state index in [1.807, 2.05) is 11.9 Å². The van der Waals surface area contributed by atoms with Crippen LogP contribution in [0.5, 0.6) is 5.75 Å². The monoisotopic (exact) mass is 650 g/mol. The maximum absolute atomic E-state index is 14.7. The first kappa shape index (κ1) is 34.3. The lowest BCUT2D eigenvalue weighted by atomic mass is 10.0. The van der Waals surface area contributed by atoms with Crippen LogP contribution in [-0.2, 0) is 15.9 Å². The molecule has 3 N–H and O–H groups in total. The van der Waals surface area contributed by atoms with Crippen molar-refractivity contribution >= 4 is 38.7 Å². The van der Waals surface area contributed by atoms with E-state index >= 15 is 0 Å². The summed E-state index contributed by atoms with van der Waals surface area (Å²) in [6.45, 7) is 2.74. The van der Waals surface area contributed by atoms with Gasteiger partial charge in [0.05, 0.1) is 66.9 Å². The molecule has 13 heteroatoms. The van der Waals surface area contributed by atoms with Crippen molar-refractivity contribution in [3.05, 3.63) is 52.4 Å². The van der Waals surface area contributed by atoms with Gasteiger partial charge in [0.25, 0.3) is 5.91 Å². The Kier molecular flexibility index (Phi) is 12.3. The molecular weight excluding hydrogens is 612 g/mol. The Morgan fingerprint density at radius 1 is 1.13 bits per heavy atom. The van der Waals surface area contributed by atoms with Gasteiger partial charge in [-0.15, -0.1) is 11.3 Å². The normalized spacial score (nSPS) is 17.0. The molecule has 2 heterocycles. The van der Waals surface area contributed by atoms with Gasteiger partial charge in [0.15, 0.2) is 0 Å². The lowest BCUT2D eigenvalue weighted by Crippen LogP contribution is -2.46. The molecule has 0 radical (unpaired) electrons. The fourth-order valence-electron chi connectivity index (χ4n) is 5.01. The highest BCUT2D eigenvalue weighted by molar-refractivity contribution is 7.20. The van der Waals surface area contributed by atoms with Crippen LogP contribution in [0.25, 0.3) is 10.1 Å². The molecule has 2 atom stereocenters. The number of carbonyl (C=O) groups is 1. The Bertz CT molecular complexity index is 1500. The second kappa shape index (κ2) is 16.1. The molecule has 1 aliphatic rings. The van der Waals surface area contributed by atoms with Crippen molar-refractivity contribution in [2.75, 3.05) is 77.9 Å². The number of hydrogen-bond acceptors (Lipinski definition) is 8. The summed E-state index contributed by atoms with van der Waals surface area (Å²) in [7, 11) is 4.92. The summed E-state index contributed by atoms with van der Waals surface area (Å²) in [6, 6.07) is 9.58. The lowest BCUT2D eigenvalue weighted by Gasteiger charge is -2.33. The zero-order chi connectivity index (χ0) is 32.4. The number of halogens is 4. The molecule has 1 aliphatic heterocycles. The van der Waals surface area contributed by atoms with Gasteiger partial charge in [-0.3, -0.25) is 4.79 Å². The maximum atomic E-state index is 14.7. The summed E-state index contributed by atoms with van der Waals surface area (Å²) in [4.78, 5) is 14.7. The Labute approximate surface area is 264 Å². The van der Waals surface area contributed by atoms with Crippen LogP contribution in [0.1, 0.15) is 27.2 Å². The average Bonchev–Trinajstić information content (AvgIpc) is 3.34. The van der Waals surface area contributed by atoms with Crippen molar-refractivity contribution < 1.29 is 36.6 Å². The number of hydrogen-bond donors (Lipinski definition) is 3. The van der Waals surface area contributed by atoms with Gasteiger partial charge in [0, 0.05) is 32.3 Å². The van der Waals surface area contributed by atoms with Crippen LogP contribution in [0.15, 0.2) is 36.4 Å². The standard InChI is InChI=1S/C32H38F4N4O4S/c1-40-14-11-25(24(33)20-40)39-27-7-4-6-22-23(19-32(34,35)36)29(45-30(22)27)8-5-12-37-26-10-9-21(18-28(26)43-3)31(41)38-13-15-44-17-16-42-2/h4,6-7,9-10,18,24-25,37,39H,11-17,19-20H2,1-3H3,(H,38,41). The van der Waals surface area contributed by atoms with Crippen molar-refractivity contribution in [3.8, 4) is 17.6 Å². The van der Waals surface area contributed by atoms with Crippen molar-refractivity contribution in [3.63, 3.8) is 0 Å². The summed E-state index contributed by atoms with van der Waals surface area (Å²) in [5.74, 6) is 5.97. The first-order valence-electron chi connectivity index (χ1n) is 14.6. The number of thiophene rings is 1. The first-order valence-corrected chi connectivity index (χ1v) is 15.4. The maximum Gasteiger partial charge on any atom is 0.393 e. The minimum absolute atomic E-state index is 0.107. The third-order valence-corrected chi connectivity index (χ3v) is 8.47. The number of fused-ring (bicyclic) bond motifs is 1. The van der Waals surface area contributed by atoms with Crippen LogP contribution >= 0.6 is 11.3 Å². The first-order chi connectivity index (χ1) is 21.6. The Hall–Kier alpha value is -3.57. The molecule has 3 aromatic rings. The highest BCUT2D eigenvalue weighted by Crippen LogP contribution is 2.39.